The van der Waals surface area contributed by atoms with Gasteiger partial charge in [-0.3, -0.25) is 4.79 Å². The van der Waals surface area contributed by atoms with Crippen molar-refractivity contribution >= 4 is 17.5 Å². The van der Waals surface area contributed by atoms with Crippen molar-refractivity contribution in [3.8, 4) is 0 Å². The van der Waals surface area contributed by atoms with Gasteiger partial charge < -0.3 is 15.5 Å². The van der Waals surface area contributed by atoms with E-state index < -0.39 is 0 Å². The predicted octanol–water partition coefficient (Wildman–Crippen LogP) is 2.78. The number of hydrogen-bond acceptors (Lipinski definition) is 5. The van der Waals surface area contributed by atoms with Crippen molar-refractivity contribution in [2.24, 2.45) is 0 Å². The molecule has 0 saturated carbocycles. The van der Waals surface area contributed by atoms with E-state index in [1.807, 2.05) is 24.3 Å². The summed E-state index contributed by atoms with van der Waals surface area (Å²) in [4.78, 5) is 22.7. The first-order chi connectivity index (χ1) is 12.6. The third-order valence-electron chi connectivity index (χ3n) is 4.48. The first-order valence-corrected chi connectivity index (χ1v) is 9.30. The summed E-state index contributed by atoms with van der Waals surface area (Å²) in [6.07, 6.45) is 3.67. The zero-order valence-corrected chi connectivity index (χ0v) is 15.9. The quantitative estimate of drug-likeness (QED) is 0.728. The number of halogens is 1. The average molecular weight is 376 g/mol. The highest BCUT2D eigenvalue weighted by atomic mass is 35.5. The molecule has 0 unspecified atom stereocenters. The van der Waals surface area contributed by atoms with Crippen LogP contribution >= 0.6 is 11.6 Å². The fourth-order valence-corrected chi connectivity index (χ4v) is 3.18. The molecule has 0 saturated heterocycles. The Hall–Kier alpha value is -2.18. The van der Waals surface area contributed by atoms with Crippen LogP contribution < -0.4 is 21.0 Å². The second kappa shape index (κ2) is 8.47. The van der Waals surface area contributed by atoms with Gasteiger partial charge in [0, 0.05) is 24.5 Å². The lowest BCUT2D eigenvalue weighted by Gasteiger charge is -2.29. The maximum atomic E-state index is 12.7. The molecule has 1 aromatic carbocycles. The highest BCUT2D eigenvalue weighted by Gasteiger charge is 2.20. The molecule has 140 valence electrons. The summed E-state index contributed by atoms with van der Waals surface area (Å²) >= 11 is 6.02. The smallest absolute Gasteiger partial charge is 0.292 e. The summed E-state index contributed by atoms with van der Waals surface area (Å²) in [5.74, 6) is 0.416. The number of anilines is 1. The molecule has 0 bridgehead atoms. The largest absolute Gasteiger partial charge is 0.411 e. The van der Waals surface area contributed by atoms with Crippen molar-refractivity contribution in [2.45, 2.75) is 39.2 Å². The van der Waals surface area contributed by atoms with E-state index >= 15 is 0 Å². The molecule has 6 nitrogen and oxygen atoms in total. The fraction of sp³-hybridized carbons (Fsp3) is 0.421. The molecule has 1 aliphatic heterocycles. The maximum absolute atomic E-state index is 12.7. The van der Waals surface area contributed by atoms with Crippen molar-refractivity contribution in [3.63, 3.8) is 0 Å². The molecule has 0 atom stereocenters. The summed E-state index contributed by atoms with van der Waals surface area (Å²) in [5, 5.41) is 7.24. The van der Waals surface area contributed by atoms with Gasteiger partial charge in [0.2, 0.25) is 5.95 Å². The molecule has 2 N–H and O–H groups in total. The average Bonchev–Trinajstić information content (AvgIpc) is 2.66. The van der Waals surface area contributed by atoms with Crippen LogP contribution in [0.1, 0.15) is 43.0 Å². The first-order valence-electron chi connectivity index (χ1n) is 8.92. The Balaban J connectivity index is 1.96. The molecule has 7 heteroatoms. The normalized spacial score (nSPS) is 13.2. The number of nitrogens with one attached hydrogen (secondary N) is 2. The van der Waals surface area contributed by atoms with Crippen LogP contribution in [0.3, 0.4) is 0 Å². The molecular formula is C19H24ClN4O2-. The van der Waals surface area contributed by atoms with Crippen LogP contribution in [0, 0.1) is 6.04 Å². The topological polar surface area (TPSA) is 68.2 Å². The van der Waals surface area contributed by atoms with Gasteiger partial charge in [-0.05, 0) is 0 Å². The van der Waals surface area contributed by atoms with Crippen molar-refractivity contribution in [1.29, 1.82) is 0 Å². The lowest BCUT2D eigenvalue weighted by atomic mass is 10.0. The highest BCUT2D eigenvalue weighted by molar-refractivity contribution is 6.30. The molecule has 2 heterocycles. The molecule has 0 fully saturated rings. The van der Waals surface area contributed by atoms with Crippen LogP contribution in [0.4, 0.5) is 5.95 Å². The van der Waals surface area contributed by atoms with Gasteiger partial charge in [0.15, 0.2) is 0 Å². The minimum atomic E-state index is -0.168. The number of rotatable bonds is 7. The third-order valence-corrected chi connectivity index (χ3v) is 4.73. The number of hydrogen-bond donors (Lipinski definition) is 2. The Labute approximate surface area is 158 Å². The second-order valence-corrected chi connectivity index (χ2v) is 6.72. The molecule has 2 aromatic rings. The van der Waals surface area contributed by atoms with Crippen molar-refractivity contribution in [2.75, 3.05) is 19.0 Å². The molecule has 3 rings (SSSR count). The summed E-state index contributed by atoms with van der Waals surface area (Å²) in [7, 11) is 1.48. The van der Waals surface area contributed by atoms with E-state index in [4.69, 9.17) is 16.4 Å². The molecular weight excluding hydrogens is 352 g/mol. The number of benzene rings is 1. The lowest BCUT2D eigenvalue weighted by Crippen LogP contribution is -2.38. The molecule has 0 amide bonds. The van der Waals surface area contributed by atoms with E-state index in [2.05, 4.69) is 22.5 Å². The minimum absolute atomic E-state index is 0.168. The van der Waals surface area contributed by atoms with Crippen molar-refractivity contribution in [3.05, 3.63) is 62.5 Å². The van der Waals surface area contributed by atoms with Gasteiger partial charge >= 0.3 is 0 Å². The van der Waals surface area contributed by atoms with Crippen LogP contribution in [0.5, 0.6) is 0 Å². The van der Waals surface area contributed by atoms with Crippen molar-refractivity contribution < 1.29 is 4.84 Å². The molecule has 0 spiro atoms. The van der Waals surface area contributed by atoms with Crippen LogP contribution in [0.25, 0.3) is 0 Å². The molecule has 1 aromatic heterocycles. The van der Waals surface area contributed by atoms with Crippen LogP contribution in [0.15, 0.2) is 29.1 Å². The van der Waals surface area contributed by atoms with Gasteiger partial charge in [0.1, 0.15) is 7.11 Å². The van der Waals surface area contributed by atoms with Gasteiger partial charge in [-0.2, -0.15) is 17.7 Å². The summed E-state index contributed by atoms with van der Waals surface area (Å²) in [6.45, 7) is 3.49. The van der Waals surface area contributed by atoms with Crippen LogP contribution in [0.2, 0.25) is 5.02 Å². The number of nitrogens with zero attached hydrogens (tertiary/aromatic N) is 2. The summed E-state index contributed by atoms with van der Waals surface area (Å²) in [5.41, 5.74) is 2.36. The number of fused-ring (bicyclic) bond motifs is 1. The predicted molar refractivity (Wildman–Crippen MR) is 103 cm³/mol. The van der Waals surface area contributed by atoms with E-state index in [0.29, 0.717) is 23.1 Å². The Morgan fingerprint density at radius 3 is 2.85 bits per heavy atom. The number of aromatic nitrogens is 2. The van der Waals surface area contributed by atoms with Gasteiger partial charge in [0.05, 0.1) is 11.3 Å². The summed E-state index contributed by atoms with van der Waals surface area (Å²) < 4.78 is 1.23. The first kappa shape index (κ1) is 18.6. The standard InChI is InChI=1S/C19H24ClN4O2/c1-3-4-5-16(13-6-8-14(20)9-7-13)22-19-23-17-10-11-21-12-15(17)18(25)24(19)26-2/h6-9,21H,3-5,10-12H2,1-2H3,(H,22,23)/q-1. The van der Waals surface area contributed by atoms with E-state index in [-0.39, 0.29) is 5.56 Å². The highest BCUT2D eigenvalue weighted by Crippen LogP contribution is 2.24. The fourth-order valence-electron chi connectivity index (χ4n) is 3.05. The van der Waals surface area contributed by atoms with Gasteiger partial charge in [0.25, 0.3) is 5.56 Å². The third kappa shape index (κ3) is 3.97. The Morgan fingerprint density at radius 2 is 2.15 bits per heavy atom. The lowest BCUT2D eigenvalue weighted by molar-refractivity contribution is 0.157. The van der Waals surface area contributed by atoms with Crippen molar-refractivity contribution in [1.82, 2.24) is 15.0 Å². The zero-order chi connectivity index (χ0) is 18.5. The van der Waals surface area contributed by atoms with E-state index in [1.165, 1.54) is 11.8 Å². The molecule has 0 radical (unpaired) electrons. The van der Waals surface area contributed by atoms with E-state index in [9.17, 15) is 4.79 Å². The molecule has 26 heavy (non-hydrogen) atoms. The SMILES string of the molecule is CCCC[C-](Nc1nc2c(c(=O)n1OC)CNCC2)c1ccc(Cl)cc1. The maximum Gasteiger partial charge on any atom is 0.292 e. The molecule has 0 aliphatic carbocycles. The Kier molecular flexibility index (Phi) is 6.06. The van der Waals surface area contributed by atoms with Gasteiger partial charge in [-0.1, -0.05) is 56.0 Å². The van der Waals surface area contributed by atoms with Gasteiger partial charge in [-0.25, -0.2) is 4.98 Å². The molecule has 1 aliphatic rings. The Bertz CT molecular complexity index is 804. The monoisotopic (exact) mass is 375 g/mol. The zero-order valence-electron chi connectivity index (χ0n) is 15.1. The number of unbranched alkanes of at least 4 members (excludes halogenated alkanes) is 1. The summed E-state index contributed by atoms with van der Waals surface area (Å²) in [6, 6.07) is 8.66. The van der Waals surface area contributed by atoms with E-state index in [0.717, 1.165) is 49.5 Å². The Morgan fingerprint density at radius 1 is 1.38 bits per heavy atom. The van der Waals surface area contributed by atoms with E-state index in [1.54, 1.807) is 0 Å². The van der Waals surface area contributed by atoms with Gasteiger partial charge in [-0.15, -0.1) is 4.73 Å². The minimum Gasteiger partial charge on any atom is -0.411 e. The second-order valence-electron chi connectivity index (χ2n) is 6.28. The van der Waals surface area contributed by atoms with Crippen LogP contribution in [-0.4, -0.2) is 23.4 Å². The van der Waals surface area contributed by atoms with Crippen LogP contribution in [-0.2, 0) is 13.0 Å².